The summed E-state index contributed by atoms with van der Waals surface area (Å²) in [5.74, 6) is 0. The molecule has 0 radical (unpaired) electrons. The number of rotatable bonds is 0. The lowest BCUT2D eigenvalue weighted by Gasteiger charge is -2.46. The molecule has 5 nitrogen and oxygen atoms in total. The highest BCUT2D eigenvalue weighted by Gasteiger charge is 2.34. The maximum absolute atomic E-state index is 12.2. The molecule has 2 heterocycles. The number of nitrogens with zero attached hydrogens (tertiary/aromatic N) is 2. The van der Waals surface area contributed by atoms with Gasteiger partial charge in [0.15, 0.2) is 0 Å². The summed E-state index contributed by atoms with van der Waals surface area (Å²) in [5, 5.41) is 3.45. The van der Waals surface area contributed by atoms with Crippen LogP contribution in [0.4, 0.5) is 16.2 Å². The number of nitrogens with one attached hydrogen (secondary N) is 1. The van der Waals surface area contributed by atoms with Crippen molar-refractivity contribution in [3.63, 3.8) is 0 Å². The van der Waals surface area contributed by atoms with Crippen molar-refractivity contribution >= 4 is 17.5 Å². The minimum atomic E-state index is -0.439. The molecule has 0 aromatic heterocycles. The average molecular weight is 289 g/mol. The summed E-state index contributed by atoms with van der Waals surface area (Å²) in [4.78, 5) is 16.4. The predicted molar refractivity (Wildman–Crippen MR) is 83.9 cm³/mol. The summed E-state index contributed by atoms with van der Waals surface area (Å²) >= 11 is 0. The van der Waals surface area contributed by atoms with Crippen LogP contribution in [0.3, 0.4) is 0 Å². The predicted octanol–water partition coefficient (Wildman–Crippen LogP) is 2.54. The topological polar surface area (TPSA) is 44.8 Å². The molecule has 3 rings (SSSR count). The zero-order valence-corrected chi connectivity index (χ0v) is 12.9. The van der Waals surface area contributed by atoms with E-state index in [9.17, 15) is 4.79 Å². The largest absolute Gasteiger partial charge is 0.444 e. The Bertz CT molecular complexity index is 539. The number of hydrogen-bond acceptors (Lipinski definition) is 4. The molecule has 114 valence electrons. The summed E-state index contributed by atoms with van der Waals surface area (Å²) in [6, 6.07) is 8.65. The fourth-order valence-electron chi connectivity index (χ4n) is 2.94. The van der Waals surface area contributed by atoms with E-state index in [0.717, 1.165) is 13.1 Å². The van der Waals surface area contributed by atoms with Crippen molar-refractivity contribution in [3.05, 3.63) is 24.3 Å². The number of anilines is 2. The van der Waals surface area contributed by atoms with Crippen molar-refractivity contribution in [3.8, 4) is 0 Å². The highest BCUT2D eigenvalue weighted by molar-refractivity contribution is 5.74. The first-order chi connectivity index (χ1) is 9.94. The lowest BCUT2D eigenvalue weighted by Crippen LogP contribution is -2.59. The number of hydrogen-bond donors (Lipinski definition) is 1. The molecule has 2 aliphatic heterocycles. The molecule has 0 saturated carbocycles. The van der Waals surface area contributed by atoms with Crippen LogP contribution in [0.1, 0.15) is 20.8 Å². The first-order valence-electron chi connectivity index (χ1n) is 7.51. The lowest BCUT2D eigenvalue weighted by atomic mass is 10.1. The van der Waals surface area contributed by atoms with E-state index in [0.29, 0.717) is 19.1 Å². The molecule has 0 spiro atoms. The van der Waals surface area contributed by atoms with Gasteiger partial charge in [-0.2, -0.15) is 0 Å². The molecule has 1 amide bonds. The Balaban J connectivity index is 1.70. The average Bonchev–Trinajstić information content (AvgIpc) is 2.44. The highest BCUT2D eigenvalue weighted by Crippen LogP contribution is 2.32. The van der Waals surface area contributed by atoms with Gasteiger partial charge in [-0.15, -0.1) is 0 Å². The SMILES string of the molecule is CC(C)(C)OC(=O)N1CCN2c3ccccc3NC[C@H]2C1. The first-order valence-corrected chi connectivity index (χ1v) is 7.51. The van der Waals surface area contributed by atoms with Crippen molar-refractivity contribution in [1.82, 2.24) is 4.90 Å². The third-order valence-electron chi connectivity index (χ3n) is 3.88. The standard InChI is InChI=1S/C16H23N3O2/c1-16(2,3)21-15(20)18-8-9-19-12(11-18)10-17-13-6-4-5-7-14(13)19/h4-7,12,17H,8-11H2,1-3H3/t12-/m0/s1. The van der Waals surface area contributed by atoms with E-state index in [1.165, 1.54) is 11.4 Å². The number of amides is 1. The van der Waals surface area contributed by atoms with Gasteiger partial charge in [-0.05, 0) is 32.9 Å². The Morgan fingerprint density at radius 3 is 2.81 bits per heavy atom. The summed E-state index contributed by atoms with van der Waals surface area (Å²) in [5.41, 5.74) is 1.98. The third-order valence-corrected chi connectivity index (χ3v) is 3.88. The Morgan fingerprint density at radius 2 is 2.05 bits per heavy atom. The maximum atomic E-state index is 12.2. The van der Waals surface area contributed by atoms with Crippen LogP contribution >= 0.6 is 0 Å². The van der Waals surface area contributed by atoms with Crippen molar-refractivity contribution in [2.24, 2.45) is 0 Å². The molecule has 21 heavy (non-hydrogen) atoms. The van der Waals surface area contributed by atoms with Gasteiger partial charge in [0.05, 0.1) is 17.4 Å². The van der Waals surface area contributed by atoms with Crippen molar-refractivity contribution in [1.29, 1.82) is 0 Å². The van der Waals surface area contributed by atoms with Crippen molar-refractivity contribution < 1.29 is 9.53 Å². The highest BCUT2D eigenvalue weighted by atomic mass is 16.6. The molecule has 1 aromatic carbocycles. The second-order valence-corrected chi connectivity index (χ2v) is 6.67. The number of ether oxygens (including phenoxy) is 1. The van der Waals surface area contributed by atoms with E-state index >= 15 is 0 Å². The zero-order valence-electron chi connectivity index (χ0n) is 12.9. The fraction of sp³-hybridized carbons (Fsp3) is 0.562. The molecular formula is C16H23N3O2. The molecular weight excluding hydrogens is 266 g/mol. The van der Waals surface area contributed by atoms with E-state index in [4.69, 9.17) is 4.74 Å². The molecule has 1 aromatic rings. The summed E-state index contributed by atoms with van der Waals surface area (Å²) in [7, 11) is 0. The van der Waals surface area contributed by atoms with Gasteiger partial charge in [0, 0.05) is 26.2 Å². The number of piperazine rings is 1. The van der Waals surface area contributed by atoms with E-state index in [1.807, 2.05) is 31.7 Å². The molecule has 1 saturated heterocycles. The number of carbonyl (C=O) groups excluding carboxylic acids is 1. The van der Waals surface area contributed by atoms with Gasteiger partial charge in [0.2, 0.25) is 0 Å². The van der Waals surface area contributed by atoms with Crippen LogP contribution in [0, 0.1) is 0 Å². The number of benzene rings is 1. The molecule has 0 aliphatic carbocycles. The van der Waals surface area contributed by atoms with Crippen LogP contribution in [-0.2, 0) is 4.74 Å². The van der Waals surface area contributed by atoms with Crippen LogP contribution in [0.2, 0.25) is 0 Å². The van der Waals surface area contributed by atoms with E-state index < -0.39 is 5.60 Å². The minimum absolute atomic E-state index is 0.207. The molecule has 1 fully saturated rings. The molecule has 1 atom stereocenters. The number of carbonyl (C=O) groups is 1. The minimum Gasteiger partial charge on any atom is -0.444 e. The Hall–Kier alpha value is -1.91. The van der Waals surface area contributed by atoms with Gasteiger partial charge < -0.3 is 19.9 Å². The summed E-state index contributed by atoms with van der Waals surface area (Å²) in [6.45, 7) is 8.83. The van der Waals surface area contributed by atoms with Crippen LogP contribution < -0.4 is 10.2 Å². The normalized spacial score (nSPS) is 21.2. The molecule has 0 unspecified atom stereocenters. The number of fused-ring (bicyclic) bond motifs is 3. The summed E-state index contributed by atoms with van der Waals surface area (Å²) in [6.07, 6.45) is -0.207. The van der Waals surface area contributed by atoms with Crippen LogP contribution in [0.5, 0.6) is 0 Å². The third kappa shape index (κ3) is 2.91. The van der Waals surface area contributed by atoms with Gasteiger partial charge in [0.1, 0.15) is 5.60 Å². The van der Waals surface area contributed by atoms with Crippen LogP contribution in [0.25, 0.3) is 0 Å². The van der Waals surface area contributed by atoms with E-state index in [-0.39, 0.29) is 6.09 Å². The van der Waals surface area contributed by atoms with Gasteiger partial charge in [-0.3, -0.25) is 0 Å². The second-order valence-electron chi connectivity index (χ2n) is 6.67. The van der Waals surface area contributed by atoms with E-state index in [2.05, 4.69) is 28.4 Å². The van der Waals surface area contributed by atoms with Gasteiger partial charge in [-0.25, -0.2) is 4.79 Å². The second kappa shape index (κ2) is 5.13. The van der Waals surface area contributed by atoms with Crippen LogP contribution in [0.15, 0.2) is 24.3 Å². The Labute approximate surface area is 125 Å². The summed E-state index contributed by atoms with van der Waals surface area (Å²) < 4.78 is 5.47. The van der Waals surface area contributed by atoms with Crippen molar-refractivity contribution in [2.75, 3.05) is 36.4 Å². The molecule has 2 aliphatic rings. The Morgan fingerprint density at radius 1 is 1.29 bits per heavy atom. The Kier molecular flexibility index (Phi) is 3.43. The zero-order chi connectivity index (χ0) is 15.0. The number of para-hydroxylation sites is 2. The van der Waals surface area contributed by atoms with Gasteiger partial charge in [0.25, 0.3) is 0 Å². The molecule has 1 N–H and O–H groups in total. The lowest BCUT2D eigenvalue weighted by molar-refractivity contribution is 0.0217. The fourth-order valence-corrected chi connectivity index (χ4v) is 2.94. The maximum Gasteiger partial charge on any atom is 0.410 e. The molecule has 0 bridgehead atoms. The quantitative estimate of drug-likeness (QED) is 0.797. The first kappa shape index (κ1) is 14.0. The molecule has 5 heteroatoms. The monoisotopic (exact) mass is 289 g/mol. The van der Waals surface area contributed by atoms with Gasteiger partial charge >= 0.3 is 6.09 Å². The van der Waals surface area contributed by atoms with E-state index in [1.54, 1.807) is 0 Å². The smallest absolute Gasteiger partial charge is 0.410 e. The van der Waals surface area contributed by atoms with Gasteiger partial charge in [-0.1, -0.05) is 12.1 Å². The van der Waals surface area contributed by atoms with Crippen LogP contribution in [-0.4, -0.2) is 48.8 Å². The van der Waals surface area contributed by atoms with Crippen molar-refractivity contribution in [2.45, 2.75) is 32.4 Å².